The van der Waals surface area contributed by atoms with E-state index in [0.717, 1.165) is 16.7 Å². The molecule has 3 aromatic carbocycles. The molecule has 188 valence electrons. The lowest BCUT2D eigenvalue weighted by molar-refractivity contribution is -0.117. The molecule has 7 nitrogen and oxygen atoms in total. The van der Waals surface area contributed by atoms with Gasteiger partial charge in [-0.15, -0.1) is 0 Å². The van der Waals surface area contributed by atoms with Crippen molar-refractivity contribution in [3.63, 3.8) is 0 Å². The van der Waals surface area contributed by atoms with Crippen LogP contribution < -0.4 is 19.5 Å². The van der Waals surface area contributed by atoms with Crippen molar-refractivity contribution < 1.29 is 23.8 Å². The molecule has 0 aliphatic carbocycles. The van der Waals surface area contributed by atoms with E-state index in [1.165, 1.54) is 7.11 Å². The molecule has 0 bridgehead atoms. The molecule has 1 atom stereocenters. The summed E-state index contributed by atoms with van der Waals surface area (Å²) < 4.78 is 16.6. The predicted octanol–water partition coefficient (Wildman–Crippen LogP) is 5.79. The number of anilines is 1. The number of halogens is 1. The van der Waals surface area contributed by atoms with Gasteiger partial charge >= 0.3 is 0 Å². The Morgan fingerprint density at radius 1 is 1.06 bits per heavy atom. The number of carbonyl (C=O) groups is 2. The van der Waals surface area contributed by atoms with E-state index in [4.69, 9.17) is 25.8 Å². The molecule has 1 N–H and O–H groups in total. The molecular weight excluding hydrogens is 480 g/mol. The monoisotopic (exact) mass is 508 g/mol. The quantitative estimate of drug-likeness (QED) is 0.396. The second-order valence-electron chi connectivity index (χ2n) is 8.50. The van der Waals surface area contributed by atoms with Crippen LogP contribution in [0.5, 0.6) is 17.2 Å². The highest BCUT2D eigenvalue weighted by molar-refractivity contribution is 6.31. The van der Waals surface area contributed by atoms with Gasteiger partial charge in [0.15, 0.2) is 11.5 Å². The van der Waals surface area contributed by atoms with E-state index in [1.807, 2.05) is 56.3 Å². The first-order chi connectivity index (χ1) is 17.4. The van der Waals surface area contributed by atoms with Crippen molar-refractivity contribution in [1.29, 1.82) is 0 Å². The first kappa shape index (κ1) is 25.4. The largest absolute Gasteiger partial charge is 0.495 e. The van der Waals surface area contributed by atoms with Crippen LogP contribution in [0.15, 0.2) is 54.6 Å². The lowest BCUT2D eigenvalue weighted by atomic mass is 10.0. The van der Waals surface area contributed by atoms with Crippen LogP contribution in [0.2, 0.25) is 5.02 Å². The van der Waals surface area contributed by atoms with E-state index in [9.17, 15) is 9.59 Å². The summed E-state index contributed by atoms with van der Waals surface area (Å²) in [5.41, 5.74) is 3.68. The van der Waals surface area contributed by atoms with Crippen LogP contribution in [0.4, 0.5) is 5.69 Å². The minimum atomic E-state index is -0.533. The third-order valence-corrected chi connectivity index (χ3v) is 6.64. The normalized spacial score (nSPS) is 13.2. The van der Waals surface area contributed by atoms with Crippen molar-refractivity contribution in [3.8, 4) is 17.2 Å². The van der Waals surface area contributed by atoms with Crippen molar-refractivity contribution in [2.75, 3.05) is 26.1 Å². The van der Waals surface area contributed by atoms with Gasteiger partial charge in [0.1, 0.15) is 5.75 Å². The summed E-state index contributed by atoms with van der Waals surface area (Å²) in [5, 5.41) is 3.48. The molecule has 1 aliphatic heterocycles. The number of amides is 2. The van der Waals surface area contributed by atoms with Gasteiger partial charge in [0.2, 0.25) is 5.91 Å². The summed E-state index contributed by atoms with van der Waals surface area (Å²) in [5.74, 6) is 1.22. The van der Waals surface area contributed by atoms with E-state index in [2.05, 4.69) is 5.32 Å². The lowest BCUT2D eigenvalue weighted by Crippen LogP contribution is -2.32. The van der Waals surface area contributed by atoms with Crippen molar-refractivity contribution in [2.45, 2.75) is 32.9 Å². The zero-order chi connectivity index (χ0) is 25.8. The average Bonchev–Trinajstić information content (AvgIpc) is 3.21. The lowest BCUT2D eigenvalue weighted by Gasteiger charge is -2.28. The van der Waals surface area contributed by atoms with Crippen LogP contribution in [0.25, 0.3) is 0 Å². The molecule has 3 aromatic rings. The van der Waals surface area contributed by atoms with E-state index in [1.54, 1.807) is 24.1 Å². The molecule has 2 amide bonds. The van der Waals surface area contributed by atoms with Gasteiger partial charge in [0.05, 0.1) is 39.0 Å². The molecular formula is C28H29ClN2O5. The van der Waals surface area contributed by atoms with Crippen LogP contribution in [0, 0.1) is 6.92 Å². The Balaban J connectivity index is 1.67. The summed E-state index contributed by atoms with van der Waals surface area (Å²) in [6, 6.07) is 15.9. The Kier molecular flexibility index (Phi) is 7.70. The number of carbonyl (C=O) groups excluding carboxylic acids is 2. The van der Waals surface area contributed by atoms with Crippen LogP contribution >= 0.6 is 11.6 Å². The number of nitrogens with zero attached hydrogens (tertiary/aromatic N) is 1. The van der Waals surface area contributed by atoms with Gasteiger partial charge in [-0.1, -0.05) is 35.9 Å². The highest BCUT2D eigenvalue weighted by Crippen LogP contribution is 2.38. The van der Waals surface area contributed by atoms with Crippen LogP contribution in [0.1, 0.15) is 46.4 Å². The number of rotatable bonds is 9. The number of methoxy groups -OCH3 is 2. The maximum Gasteiger partial charge on any atom is 0.255 e. The van der Waals surface area contributed by atoms with E-state index >= 15 is 0 Å². The fourth-order valence-electron chi connectivity index (χ4n) is 4.41. The van der Waals surface area contributed by atoms with Gasteiger partial charge in [-0.05, 0) is 54.8 Å². The highest BCUT2D eigenvalue weighted by Gasteiger charge is 2.35. The number of benzene rings is 3. The second-order valence-corrected chi connectivity index (χ2v) is 8.91. The van der Waals surface area contributed by atoms with Gasteiger partial charge in [0, 0.05) is 23.2 Å². The van der Waals surface area contributed by atoms with Crippen LogP contribution in [-0.4, -0.2) is 37.5 Å². The third-order valence-electron chi connectivity index (χ3n) is 6.23. The molecule has 4 rings (SSSR count). The van der Waals surface area contributed by atoms with Gasteiger partial charge in [-0.3, -0.25) is 9.59 Å². The molecule has 1 heterocycles. The summed E-state index contributed by atoms with van der Waals surface area (Å²) in [6.07, 6.45) is 0.0295. The molecule has 0 saturated carbocycles. The second kappa shape index (κ2) is 10.9. The number of hydrogen-bond donors (Lipinski definition) is 1. The SMILES string of the molecule is CCOc1ccc([C@H](CC(=O)Nc2cc(C)c(Cl)cc2OC)N2Cc3ccccc3C2=O)cc1OC. The third kappa shape index (κ3) is 5.11. The number of ether oxygens (including phenoxy) is 3. The number of fused-ring (bicyclic) bond motifs is 1. The first-order valence-corrected chi connectivity index (χ1v) is 12.1. The van der Waals surface area contributed by atoms with E-state index in [0.29, 0.717) is 46.7 Å². The van der Waals surface area contributed by atoms with Crippen LogP contribution in [-0.2, 0) is 11.3 Å². The molecule has 0 unspecified atom stereocenters. The van der Waals surface area contributed by atoms with Crippen molar-refractivity contribution in [1.82, 2.24) is 4.90 Å². The van der Waals surface area contributed by atoms with E-state index in [-0.39, 0.29) is 18.2 Å². The molecule has 36 heavy (non-hydrogen) atoms. The molecule has 1 aliphatic rings. The maximum atomic E-state index is 13.4. The Hall–Kier alpha value is -3.71. The zero-order valence-electron chi connectivity index (χ0n) is 20.8. The standard InChI is InChI=1S/C28H29ClN2O5/c1-5-36-24-11-10-18(13-26(24)35-4)23(31-16-19-8-6-7-9-20(19)28(31)33)15-27(32)30-22-12-17(2)21(29)14-25(22)34-3/h6-14,23H,5,15-16H2,1-4H3,(H,30,32)/t23-/m0/s1. The Morgan fingerprint density at radius 2 is 1.81 bits per heavy atom. The number of aryl methyl sites for hydroxylation is 1. The Labute approximate surface area is 215 Å². The zero-order valence-corrected chi connectivity index (χ0v) is 21.5. The molecule has 0 radical (unpaired) electrons. The first-order valence-electron chi connectivity index (χ1n) is 11.7. The number of nitrogens with one attached hydrogen (secondary N) is 1. The topological polar surface area (TPSA) is 77.1 Å². The fourth-order valence-corrected chi connectivity index (χ4v) is 4.56. The summed E-state index contributed by atoms with van der Waals surface area (Å²) >= 11 is 6.22. The average molecular weight is 509 g/mol. The van der Waals surface area contributed by atoms with Crippen LogP contribution in [0.3, 0.4) is 0 Å². The predicted molar refractivity (Wildman–Crippen MR) is 139 cm³/mol. The summed E-state index contributed by atoms with van der Waals surface area (Å²) in [7, 11) is 3.08. The molecule has 8 heteroatoms. The van der Waals surface area contributed by atoms with Gasteiger partial charge in [-0.25, -0.2) is 0 Å². The summed E-state index contributed by atoms with van der Waals surface area (Å²) in [6.45, 7) is 4.65. The Bertz CT molecular complexity index is 1290. The molecule has 0 saturated heterocycles. The summed E-state index contributed by atoms with van der Waals surface area (Å²) in [4.78, 5) is 28.4. The van der Waals surface area contributed by atoms with Gasteiger partial charge in [-0.2, -0.15) is 0 Å². The molecule has 0 fully saturated rings. The smallest absolute Gasteiger partial charge is 0.255 e. The minimum absolute atomic E-state index is 0.0295. The highest BCUT2D eigenvalue weighted by atomic mass is 35.5. The number of hydrogen-bond acceptors (Lipinski definition) is 5. The van der Waals surface area contributed by atoms with Gasteiger partial charge < -0.3 is 24.4 Å². The molecule has 0 aromatic heterocycles. The maximum absolute atomic E-state index is 13.4. The Morgan fingerprint density at radius 3 is 2.50 bits per heavy atom. The fraction of sp³-hybridized carbons (Fsp3) is 0.286. The van der Waals surface area contributed by atoms with Crippen molar-refractivity contribution in [2.24, 2.45) is 0 Å². The minimum Gasteiger partial charge on any atom is -0.495 e. The molecule has 0 spiro atoms. The van der Waals surface area contributed by atoms with Crippen molar-refractivity contribution in [3.05, 3.63) is 81.9 Å². The van der Waals surface area contributed by atoms with Gasteiger partial charge in [0.25, 0.3) is 5.91 Å². The van der Waals surface area contributed by atoms with E-state index < -0.39 is 6.04 Å². The van der Waals surface area contributed by atoms with Crippen molar-refractivity contribution >= 4 is 29.1 Å².